The molecule has 19 heteroatoms. The summed E-state index contributed by atoms with van der Waals surface area (Å²) in [4.78, 5) is 48.0. The van der Waals surface area contributed by atoms with Gasteiger partial charge in [-0.25, -0.2) is 23.5 Å². The molecule has 1 aliphatic heterocycles. The molecule has 0 fully saturated rings. The number of alkyl halides is 3. The number of carbonyl (C=O) groups excluding carboxylic acids is 3. The zero-order valence-electron chi connectivity index (χ0n) is 23.1. The maximum Gasteiger partial charge on any atom is 0.430 e. The number of amidine groups is 1. The minimum atomic E-state index is -5.19. The van der Waals surface area contributed by atoms with Gasteiger partial charge in [-0.1, -0.05) is 35.5 Å². The number of sulfonamides is 1. The number of ether oxygens (including phenoxy) is 1. The van der Waals surface area contributed by atoms with Crippen molar-refractivity contribution in [3.8, 4) is 11.1 Å². The average molecular weight is 652 g/mol. The number of rotatable bonds is 8. The Morgan fingerprint density at radius 1 is 1.11 bits per heavy atom. The van der Waals surface area contributed by atoms with Gasteiger partial charge in [0.1, 0.15) is 5.97 Å². The summed E-state index contributed by atoms with van der Waals surface area (Å²) < 4.78 is 60.1. The van der Waals surface area contributed by atoms with Gasteiger partial charge in [0.05, 0.1) is 29.7 Å². The van der Waals surface area contributed by atoms with E-state index in [1.165, 1.54) is 31.6 Å². The number of carboxylic acids is 1. The largest absolute Gasteiger partial charge is 0.542 e. The smallest absolute Gasteiger partial charge is 0.430 e. The monoisotopic (exact) mass is 651 g/mol. The first-order valence-corrected chi connectivity index (χ1v) is 13.9. The van der Waals surface area contributed by atoms with Gasteiger partial charge < -0.3 is 19.5 Å². The number of primary sulfonamides is 1. The molecule has 7 N–H and O–H groups in total. The van der Waals surface area contributed by atoms with Crippen molar-refractivity contribution in [1.29, 1.82) is 0 Å². The summed E-state index contributed by atoms with van der Waals surface area (Å²) in [5, 5.41) is 26.3. The summed E-state index contributed by atoms with van der Waals surface area (Å²) in [7, 11) is -2.80. The van der Waals surface area contributed by atoms with E-state index in [0.29, 0.717) is 28.0 Å². The van der Waals surface area contributed by atoms with Crippen molar-refractivity contribution < 1.29 is 56.1 Å². The van der Waals surface area contributed by atoms with E-state index in [0.717, 1.165) is 0 Å². The number of hydrogen-bond acceptors (Lipinski definition) is 11. The second-order valence-electron chi connectivity index (χ2n) is 9.17. The van der Waals surface area contributed by atoms with E-state index in [9.17, 15) is 31.2 Å². The molecule has 1 amide bonds. The average Bonchev–Trinajstić information content (AvgIpc) is 3.42. The Labute approximate surface area is 252 Å². The number of esters is 1. The van der Waals surface area contributed by atoms with E-state index in [1.54, 1.807) is 36.4 Å². The maximum absolute atomic E-state index is 13.3. The van der Waals surface area contributed by atoms with Gasteiger partial charge in [-0.2, -0.15) is 13.2 Å². The van der Waals surface area contributed by atoms with Crippen molar-refractivity contribution in [2.24, 2.45) is 16.0 Å². The molecule has 4 rings (SSSR count). The number of oxime groups is 1. The molecule has 0 aliphatic carbocycles. The Morgan fingerprint density at radius 2 is 1.73 bits per heavy atom. The number of amides is 1. The fraction of sp³-hybridized carbons (Fsp3) is 0.192. The number of nitrogens with two attached hydrogens (primary N) is 3. The maximum atomic E-state index is 13.3. The summed E-state index contributed by atoms with van der Waals surface area (Å²) in [6.45, 7) is 0. The van der Waals surface area contributed by atoms with Gasteiger partial charge in [0.2, 0.25) is 21.6 Å². The van der Waals surface area contributed by atoms with Crippen LogP contribution in [0.25, 0.3) is 11.1 Å². The van der Waals surface area contributed by atoms with Gasteiger partial charge in [0.25, 0.3) is 11.7 Å². The molecule has 45 heavy (non-hydrogen) atoms. The Balaban J connectivity index is 0.000000707. The highest BCUT2D eigenvalue weighted by Gasteiger charge is 2.49. The second-order valence-corrected chi connectivity index (χ2v) is 10.7. The topological polar surface area (TPSA) is 255 Å². The van der Waals surface area contributed by atoms with Crippen LogP contribution in [0.3, 0.4) is 0 Å². The summed E-state index contributed by atoms with van der Waals surface area (Å²) in [5.41, 5.74) is 6.15. The molecule has 0 saturated carbocycles. The normalized spacial score (nSPS) is 15.9. The molecule has 0 spiro atoms. The lowest BCUT2D eigenvalue weighted by atomic mass is 9.89. The van der Waals surface area contributed by atoms with Gasteiger partial charge >= 0.3 is 12.1 Å². The number of aliphatic carboxylic acids is 1. The zero-order valence-corrected chi connectivity index (χ0v) is 23.9. The van der Waals surface area contributed by atoms with Crippen molar-refractivity contribution >= 4 is 45.4 Å². The van der Waals surface area contributed by atoms with E-state index in [4.69, 9.17) is 35.8 Å². The molecule has 1 atom stereocenters. The molecular formula is C26H24F3N7O8S. The molecule has 2 aromatic carbocycles. The molecule has 0 radical (unpaired) electrons. The molecule has 1 aliphatic rings. The third kappa shape index (κ3) is 8.57. The number of halogens is 3. The van der Waals surface area contributed by atoms with Crippen molar-refractivity contribution in [2.75, 3.05) is 12.4 Å². The Bertz CT molecular complexity index is 1770. The molecule has 238 valence electrons. The molecule has 0 unspecified atom stereocenters. The van der Waals surface area contributed by atoms with Crippen LogP contribution in [0.4, 0.5) is 19.1 Å². The molecule has 1 aromatic heterocycles. The Hall–Kier alpha value is -5.43. The highest BCUT2D eigenvalue weighted by molar-refractivity contribution is 7.89. The van der Waals surface area contributed by atoms with Crippen LogP contribution in [0.2, 0.25) is 0 Å². The molecule has 0 saturated heterocycles. The molecule has 0 bridgehead atoms. The third-order valence-electron chi connectivity index (χ3n) is 6.00. The van der Waals surface area contributed by atoms with Crippen molar-refractivity contribution in [3.63, 3.8) is 0 Å². The number of hydrogen-bond donors (Lipinski definition) is 4. The predicted octanol–water partition coefficient (Wildman–Crippen LogP) is -1.38. The number of carboxylic acid groups (broad SMARTS) is 1. The van der Waals surface area contributed by atoms with Crippen LogP contribution in [0.5, 0.6) is 0 Å². The summed E-state index contributed by atoms with van der Waals surface area (Å²) in [6.07, 6.45) is -3.04. The van der Waals surface area contributed by atoms with Gasteiger partial charge in [-0.3, -0.25) is 26.0 Å². The second kappa shape index (κ2) is 13.5. The quantitative estimate of drug-likeness (QED) is 0.125. The lowest BCUT2D eigenvalue weighted by molar-refractivity contribution is -0.344. The lowest BCUT2D eigenvalue weighted by Gasteiger charge is -2.23. The first-order valence-electron chi connectivity index (χ1n) is 12.3. The summed E-state index contributed by atoms with van der Waals surface area (Å²) in [6, 6.07) is 13.0. The number of carbonyl (C=O) groups is 3. The van der Waals surface area contributed by atoms with Crippen LogP contribution in [0.15, 0.2) is 71.0 Å². The van der Waals surface area contributed by atoms with Gasteiger partial charge in [0, 0.05) is 35.5 Å². The number of methoxy groups -OCH3 is 1. The van der Waals surface area contributed by atoms with Crippen LogP contribution in [-0.2, 0) is 34.0 Å². The molecular weight excluding hydrogens is 627 g/mol. The number of anilines is 1. The zero-order chi connectivity index (χ0) is 33.6. The summed E-state index contributed by atoms with van der Waals surface area (Å²) in [5.74, 6) is -4.44. The standard InChI is InChI=1S/C24H23N7O6S.C2HF3O2/c1-36-20(32)11-24(10-18(31-37-24)14-5-4-6-15(9-14)21(25)26)22(33)30-23-28-12-16(13-29-23)17-7-2-3-8-19(17)38(27,34)35;3-2(4,5)1(6)7/h2-9,12-13H,10-11H2,1H3,(H3,25,26)(H2,27,34,35)(H,28,29,30,33);(H,6,7)/t24-;/m0./s1. The summed E-state index contributed by atoms with van der Waals surface area (Å²) >= 11 is 0. The van der Waals surface area contributed by atoms with E-state index in [1.807, 2.05) is 0 Å². The van der Waals surface area contributed by atoms with E-state index >= 15 is 0 Å². The highest BCUT2D eigenvalue weighted by Crippen LogP contribution is 2.32. The van der Waals surface area contributed by atoms with Crippen LogP contribution in [0.1, 0.15) is 24.0 Å². The fourth-order valence-electron chi connectivity index (χ4n) is 3.81. The van der Waals surface area contributed by atoms with Crippen molar-refractivity contribution in [2.45, 2.75) is 29.5 Å². The number of nitrogens with zero attached hydrogens (tertiary/aromatic N) is 3. The molecule has 15 nitrogen and oxygen atoms in total. The molecule has 3 aromatic rings. The predicted molar refractivity (Wildman–Crippen MR) is 147 cm³/mol. The van der Waals surface area contributed by atoms with Gasteiger partial charge in [-0.15, -0.1) is 0 Å². The number of aromatic nitrogens is 2. The number of benzene rings is 2. The van der Waals surface area contributed by atoms with Crippen LogP contribution >= 0.6 is 0 Å². The molecule has 2 heterocycles. The van der Waals surface area contributed by atoms with Crippen molar-refractivity contribution in [1.82, 2.24) is 9.97 Å². The minimum absolute atomic E-state index is 0.0678. The van der Waals surface area contributed by atoms with E-state index < -0.39 is 46.1 Å². The highest BCUT2D eigenvalue weighted by atomic mass is 32.2. The Morgan fingerprint density at radius 3 is 2.29 bits per heavy atom. The first kappa shape index (κ1) is 34.1. The van der Waals surface area contributed by atoms with Crippen LogP contribution < -0.4 is 26.7 Å². The SMILES string of the molecule is COC(=O)C[C@]1(C(=O)Nc2ncc(-c3ccccc3S(N)(=O)=O)cn2)CC(c2cccc(C(N)=[NH2+])c2)=NO1.O=C([O-])C(F)(F)F. The van der Waals surface area contributed by atoms with Crippen LogP contribution in [0, 0.1) is 0 Å². The fourth-order valence-corrected chi connectivity index (χ4v) is 4.57. The van der Waals surface area contributed by atoms with Crippen molar-refractivity contribution in [3.05, 3.63) is 72.1 Å². The number of nitrogens with one attached hydrogen (secondary N) is 1. The van der Waals surface area contributed by atoms with Gasteiger partial charge in [0.15, 0.2) is 0 Å². The Kier molecular flexibility index (Phi) is 10.2. The lowest BCUT2D eigenvalue weighted by Crippen LogP contribution is -2.46. The van der Waals surface area contributed by atoms with E-state index in [2.05, 4.69) is 20.4 Å². The first-order chi connectivity index (χ1) is 21.0. The van der Waals surface area contributed by atoms with E-state index in [-0.39, 0.29) is 23.1 Å². The van der Waals surface area contributed by atoms with Crippen LogP contribution in [-0.4, -0.2) is 66.7 Å². The third-order valence-corrected chi connectivity index (χ3v) is 6.97. The minimum Gasteiger partial charge on any atom is -0.542 e. The van der Waals surface area contributed by atoms with Gasteiger partial charge in [-0.05, 0) is 18.2 Å².